The minimum Gasteiger partial charge on any atom is -0.478 e. The maximum Gasteiger partial charge on any atom is 0.333 e. The van der Waals surface area contributed by atoms with Crippen LogP contribution in [0.3, 0.4) is 0 Å². The van der Waals surface area contributed by atoms with Gasteiger partial charge >= 0.3 is 5.97 Å². The van der Waals surface area contributed by atoms with Gasteiger partial charge in [0.25, 0.3) is 0 Å². The molecule has 33 heavy (non-hydrogen) atoms. The molecule has 0 bridgehead atoms. The van der Waals surface area contributed by atoms with Crippen molar-refractivity contribution in [3.63, 3.8) is 0 Å². The number of aliphatic carboxylic acids is 1. The van der Waals surface area contributed by atoms with E-state index in [1.165, 1.54) is 34.6 Å². The average molecular weight is 466 g/mol. The van der Waals surface area contributed by atoms with E-state index in [0.717, 1.165) is 5.56 Å². The summed E-state index contributed by atoms with van der Waals surface area (Å²) in [5, 5.41) is 9.95. The van der Waals surface area contributed by atoms with Crippen molar-refractivity contribution in [2.45, 2.75) is 37.2 Å². The number of benzene rings is 3. The molecule has 3 aromatic carbocycles. The minimum absolute atomic E-state index is 0.000112. The number of aryl methyl sites for hydroxylation is 2. The Bertz CT molecular complexity index is 1330. The van der Waals surface area contributed by atoms with Gasteiger partial charge in [-0.1, -0.05) is 72.3 Å². The van der Waals surface area contributed by atoms with Gasteiger partial charge in [-0.3, -0.25) is 0 Å². The fourth-order valence-corrected chi connectivity index (χ4v) is 6.31. The fraction of sp³-hybridized carbons (Fsp3) is 0.192. The number of carboxylic acids is 1. The number of carbonyl (C=O) groups is 1. The predicted molar refractivity (Wildman–Crippen MR) is 124 cm³/mol. The largest absolute Gasteiger partial charge is 0.478 e. The SMILES string of the molecule is Cc1ccc([C@@H]2CC=C(C(=O)O)[C@H](c3ccccc3F)N2S(=O)(=O)c2ccccc2C)cc1. The second kappa shape index (κ2) is 8.92. The molecule has 2 atom stereocenters. The lowest BCUT2D eigenvalue weighted by Gasteiger charge is -2.41. The van der Waals surface area contributed by atoms with Gasteiger partial charge in [0.15, 0.2) is 0 Å². The Balaban J connectivity index is 2.01. The van der Waals surface area contributed by atoms with Gasteiger partial charge in [-0.15, -0.1) is 0 Å². The molecule has 5 nitrogen and oxygen atoms in total. The highest BCUT2D eigenvalue weighted by atomic mass is 32.2. The molecule has 0 aromatic heterocycles. The molecule has 0 amide bonds. The van der Waals surface area contributed by atoms with Gasteiger partial charge in [0.2, 0.25) is 10.0 Å². The Hall–Kier alpha value is -3.29. The third kappa shape index (κ3) is 4.21. The van der Waals surface area contributed by atoms with Gasteiger partial charge < -0.3 is 5.11 Å². The molecule has 0 fully saturated rings. The highest BCUT2D eigenvalue weighted by Gasteiger charge is 2.45. The summed E-state index contributed by atoms with van der Waals surface area (Å²) in [5.74, 6) is -1.94. The van der Waals surface area contributed by atoms with Crippen molar-refractivity contribution >= 4 is 16.0 Å². The van der Waals surface area contributed by atoms with E-state index in [0.29, 0.717) is 11.1 Å². The van der Waals surface area contributed by atoms with Crippen molar-refractivity contribution in [1.82, 2.24) is 4.31 Å². The Kier molecular flexibility index (Phi) is 6.19. The summed E-state index contributed by atoms with van der Waals surface area (Å²) in [4.78, 5) is 12.3. The number of rotatable bonds is 5. The van der Waals surface area contributed by atoms with E-state index in [-0.39, 0.29) is 22.5 Å². The van der Waals surface area contributed by atoms with E-state index in [1.807, 2.05) is 31.2 Å². The van der Waals surface area contributed by atoms with Gasteiger partial charge in [-0.2, -0.15) is 4.31 Å². The van der Waals surface area contributed by atoms with Crippen LogP contribution in [0.4, 0.5) is 4.39 Å². The normalized spacial score (nSPS) is 19.2. The number of hydrogen-bond acceptors (Lipinski definition) is 3. The first-order chi connectivity index (χ1) is 15.7. The molecule has 1 heterocycles. The highest BCUT2D eigenvalue weighted by Crippen LogP contribution is 2.46. The van der Waals surface area contributed by atoms with Crippen molar-refractivity contribution < 1.29 is 22.7 Å². The summed E-state index contributed by atoms with van der Waals surface area (Å²) in [5.41, 5.74) is 2.08. The van der Waals surface area contributed by atoms with Crippen molar-refractivity contribution in [2.24, 2.45) is 0 Å². The van der Waals surface area contributed by atoms with Crippen LogP contribution in [0, 0.1) is 19.7 Å². The standard InChI is InChI=1S/C26H24FNO4S/c1-17-11-13-19(14-12-17)23-16-15-21(26(29)30)25(20-8-4-5-9-22(20)27)28(23)33(31,32)24-10-6-3-7-18(24)2/h3-15,23,25H,16H2,1-2H3,(H,29,30)/t23-,25-/m0/s1. The van der Waals surface area contributed by atoms with Crippen LogP contribution in [-0.2, 0) is 14.8 Å². The first kappa shape index (κ1) is 22.9. The van der Waals surface area contributed by atoms with Crippen LogP contribution in [0.5, 0.6) is 0 Å². The van der Waals surface area contributed by atoms with Crippen LogP contribution >= 0.6 is 0 Å². The zero-order valence-corrected chi connectivity index (χ0v) is 19.1. The molecule has 1 aliphatic heterocycles. The zero-order valence-electron chi connectivity index (χ0n) is 18.3. The third-order valence-corrected chi connectivity index (χ3v) is 8.01. The van der Waals surface area contributed by atoms with Crippen molar-refractivity contribution in [3.05, 3.63) is 113 Å². The third-order valence-electron chi connectivity index (χ3n) is 5.98. The van der Waals surface area contributed by atoms with Crippen molar-refractivity contribution in [1.29, 1.82) is 0 Å². The molecule has 4 rings (SSSR count). The lowest BCUT2D eigenvalue weighted by molar-refractivity contribution is -0.133. The topological polar surface area (TPSA) is 74.7 Å². The summed E-state index contributed by atoms with van der Waals surface area (Å²) in [6.07, 6.45) is 1.66. The lowest BCUT2D eigenvalue weighted by atomic mass is 9.89. The maximum atomic E-state index is 15.0. The predicted octanol–water partition coefficient (Wildman–Crippen LogP) is 5.33. The molecule has 1 N–H and O–H groups in total. The fourth-order valence-electron chi connectivity index (χ4n) is 4.31. The van der Waals surface area contributed by atoms with Crippen LogP contribution in [-0.4, -0.2) is 23.8 Å². The smallest absolute Gasteiger partial charge is 0.333 e. The Morgan fingerprint density at radius 2 is 1.61 bits per heavy atom. The number of nitrogens with zero attached hydrogens (tertiary/aromatic N) is 1. The van der Waals surface area contributed by atoms with E-state index in [1.54, 1.807) is 31.2 Å². The van der Waals surface area contributed by atoms with Gasteiger partial charge in [0, 0.05) is 5.56 Å². The summed E-state index contributed by atoms with van der Waals surface area (Å²) in [6, 6.07) is 17.6. The molecule has 0 saturated carbocycles. The quantitative estimate of drug-likeness (QED) is 0.553. The Labute approximate surface area is 192 Å². The van der Waals surface area contributed by atoms with Crippen LogP contribution in [0.15, 0.2) is 89.3 Å². The molecule has 1 aliphatic rings. The van der Waals surface area contributed by atoms with E-state index in [9.17, 15) is 22.7 Å². The minimum atomic E-state index is -4.22. The molecule has 0 unspecified atom stereocenters. The summed E-state index contributed by atoms with van der Waals surface area (Å²) in [7, 11) is -4.22. The molecule has 0 spiro atoms. The molecule has 0 saturated heterocycles. The molecule has 0 aliphatic carbocycles. The van der Waals surface area contributed by atoms with Gasteiger partial charge in [0.1, 0.15) is 5.82 Å². The van der Waals surface area contributed by atoms with Crippen LogP contribution in [0.1, 0.15) is 40.8 Å². The van der Waals surface area contributed by atoms with Crippen molar-refractivity contribution in [3.8, 4) is 0 Å². The maximum absolute atomic E-state index is 15.0. The molecule has 0 radical (unpaired) electrons. The number of carboxylic acid groups (broad SMARTS) is 1. The number of halogens is 1. The van der Waals surface area contributed by atoms with Gasteiger partial charge in [0.05, 0.1) is 22.6 Å². The second-order valence-electron chi connectivity index (χ2n) is 8.15. The van der Waals surface area contributed by atoms with E-state index in [4.69, 9.17) is 0 Å². The zero-order chi connectivity index (χ0) is 23.8. The molecular weight excluding hydrogens is 441 g/mol. The van der Waals surface area contributed by atoms with Gasteiger partial charge in [-0.05, 0) is 43.5 Å². The monoisotopic (exact) mass is 465 g/mol. The second-order valence-corrected chi connectivity index (χ2v) is 9.96. The lowest BCUT2D eigenvalue weighted by Crippen LogP contribution is -2.43. The molecule has 7 heteroatoms. The highest BCUT2D eigenvalue weighted by molar-refractivity contribution is 7.89. The van der Waals surface area contributed by atoms with Crippen LogP contribution < -0.4 is 0 Å². The van der Waals surface area contributed by atoms with E-state index < -0.39 is 33.9 Å². The van der Waals surface area contributed by atoms with E-state index in [2.05, 4.69) is 0 Å². The summed E-state index contributed by atoms with van der Waals surface area (Å²) >= 11 is 0. The van der Waals surface area contributed by atoms with E-state index >= 15 is 0 Å². The van der Waals surface area contributed by atoms with Crippen LogP contribution in [0.25, 0.3) is 0 Å². The first-order valence-electron chi connectivity index (χ1n) is 10.6. The van der Waals surface area contributed by atoms with Crippen molar-refractivity contribution in [2.75, 3.05) is 0 Å². The number of sulfonamides is 1. The summed E-state index contributed by atoms with van der Waals surface area (Å²) < 4.78 is 44.4. The average Bonchev–Trinajstić information content (AvgIpc) is 2.79. The molecule has 170 valence electrons. The number of hydrogen-bond donors (Lipinski definition) is 1. The molecular formula is C26H24FNO4S. The Morgan fingerprint density at radius 3 is 2.24 bits per heavy atom. The van der Waals surface area contributed by atoms with Gasteiger partial charge in [-0.25, -0.2) is 17.6 Å². The summed E-state index contributed by atoms with van der Waals surface area (Å²) in [6.45, 7) is 3.61. The molecule has 3 aromatic rings. The first-order valence-corrected chi connectivity index (χ1v) is 12.0. The van der Waals surface area contributed by atoms with Crippen LogP contribution in [0.2, 0.25) is 0 Å². The Morgan fingerprint density at radius 1 is 0.970 bits per heavy atom.